The Morgan fingerprint density at radius 1 is 1.00 bits per heavy atom. The maximum Gasteiger partial charge on any atom is 0.165 e. The van der Waals surface area contributed by atoms with Crippen LogP contribution in [0.5, 0.6) is 0 Å². The summed E-state index contributed by atoms with van der Waals surface area (Å²) in [5, 5.41) is 0. The van der Waals surface area contributed by atoms with E-state index in [2.05, 4.69) is 31.2 Å². The molecule has 2 saturated carbocycles. The number of carbonyl (C=O) groups is 1. The van der Waals surface area contributed by atoms with Crippen LogP contribution in [0.3, 0.4) is 0 Å². The van der Waals surface area contributed by atoms with Gasteiger partial charge in [0.05, 0.1) is 0 Å². The van der Waals surface area contributed by atoms with Gasteiger partial charge in [-0.1, -0.05) is 63.3 Å². The summed E-state index contributed by atoms with van der Waals surface area (Å²) in [4.78, 5) is 12.7. The molecule has 1 aromatic carbocycles. The van der Waals surface area contributed by atoms with E-state index < -0.39 is 0 Å². The van der Waals surface area contributed by atoms with E-state index in [1.807, 2.05) is 0 Å². The number of hydrogen-bond acceptors (Lipinski definition) is 1. The van der Waals surface area contributed by atoms with Crippen LogP contribution < -0.4 is 0 Å². The van der Waals surface area contributed by atoms with Gasteiger partial charge >= 0.3 is 0 Å². The Labute approximate surface area is 129 Å². The Morgan fingerprint density at radius 2 is 1.71 bits per heavy atom. The Hall–Kier alpha value is -1.11. The lowest BCUT2D eigenvalue weighted by Gasteiger charge is -2.38. The molecule has 2 aliphatic rings. The number of benzene rings is 1. The van der Waals surface area contributed by atoms with Crippen LogP contribution in [0.15, 0.2) is 24.3 Å². The van der Waals surface area contributed by atoms with E-state index in [1.54, 1.807) is 0 Å². The summed E-state index contributed by atoms with van der Waals surface area (Å²) < 4.78 is 0. The molecule has 0 N–H and O–H groups in total. The minimum atomic E-state index is 0.293. The third-order valence-corrected chi connectivity index (χ3v) is 5.69. The van der Waals surface area contributed by atoms with Gasteiger partial charge in [-0.15, -0.1) is 0 Å². The summed E-state index contributed by atoms with van der Waals surface area (Å²) in [5.74, 6) is 2.46. The highest BCUT2D eigenvalue weighted by atomic mass is 16.1. The van der Waals surface area contributed by atoms with Crippen molar-refractivity contribution in [3.05, 3.63) is 35.4 Å². The summed E-state index contributed by atoms with van der Waals surface area (Å²) in [6.45, 7) is 2.20. The van der Waals surface area contributed by atoms with Gasteiger partial charge in [-0.25, -0.2) is 0 Å². The Morgan fingerprint density at radius 3 is 2.43 bits per heavy atom. The lowest BCUT2D eigenvalue weighted by molar-refractivity contribution is 0.0763. The molecule has 0 radical (unpaired) electrons. The molecule has 0 aliphatic heterocycles. The van der Waals surface area contributed by atoms with Crippen molar-refractivity contribution in [3.63, 3.8) is 0 Å². The van der Waals surface area contributed by atoms with Crippen molar-refractivity contribution < 1.29 is 4.79 Å². The van der Waals surface area contributed by atoms with E-state index in [0.717, 1.165) is 36.7 Å². The molecular weight excluding hydrogens is 256 g/mol. The molecule has 2 fully saturated rings. The highest BCUT2D eigenvalue weighted by Gasteiger charge is 2.35. The Kier molecular flexibility index (Phi) is 4.77. The molecule has 1 heteroatoms. The molecule has 0 heterocycles. The van der Waals surface area contributed by atoms with Crippen molar-refractivity contribution in [2.75, 3.05) is 0 Å². The first kappa shape index (κ1) is 14.8. The minimum Gasteiger partial charge on any atom is -0.294 e. The number of carbonyl (C=O) groups excluding carboxylic acids is 1. The highest BCUT2D eigenvalue weighted by molar-refractivity contribution is 5.97. The van der Waals surface area contributed by atoms with Gasteiger partial charge in [-0.2, -0.15) is 0 Å². The monoisotopic (exact) mass is 284 g/mol. The number of Topliss-reactive ketones (excluding diaryl/α,β-unsaturated/α-hetero) is 1. The van der Waals surface area contributed by atoms with Crippen LogP contribution in [0.25, 0.3) is 0 Å². The van der Waals surface area contributed by atoms with Gasteiger partial charge in [0.1, 0.15) is 0 Å². The van der Waals surface area contributed by atoms with Crippen LogP contribution in [-0.4, -0.2) is 5.78 Å². The SMILES string of the molecule is CCCc1ccc(C(=O)C2CCC3CCCCC3C2)cc1. The van der Waals surface area contributed by atoms with E-state index in [1.165, 1.54) is 44.1 Å². The van der Waals surface area contributed by atoms with Crippen LogP contribution in [0.1, 0.15) is 74.2 Å². The molecule has 0 aromatic heterocycles. The molecule has 3 unspecified atom stereocenters. The summed E-state index contributed by atoms with van der Waals surface area (Å²) in [7, 11) is 0. The summed E-state index contributed by atoms with van der Waals surface area (Å²) in [6, 6.07) is 8.40. The van der Waals surface area contributed by atoms with Crippen LogP contribution >= 0.6 is 0 Å². The second-order valence-electron chi connectivity index (χ2n) is 7.13. The molecule has 21 heavy (non-hydrogen) atoms. The second-order valence-corrected chi connectivity index (χ2v) is 7.13. The van der Waals surface area contributed by atoms with E-state index in [9.17, 15) is 4.79 Å². The predicted molar refractivity (Wildman–Crippen MR) is 87.6 cm³/mol. The number of fused-ring (bicyclic) bond motifs is 1. The fourth-order valence-electron chi connectivity index (χ4n) is 4.47. The molecule has 114 valence electrons. The average molecular weight is 284 g/mol. The molecule has 3 atom stereocenters. The van der Waals surface area contributed by atoms with Crippen LogP contribution in [0, 0.1) is 17.8 Å². The molecule has 1 aromatic rings. The Balaban J connectivity index is 1.64. The van der Waals surface area contributed by atoms with Crippen molar-refractivity contribution in [1.29, 1.82) is 0 Å². The first-order valence-electron chi connectivity index (χ1n) is 8.91. The number of ketones is 1. The van der Waals surface area contributed by atoms with Gasteiger partial charge < -0.3 is 0 Å². The van der Waals surface area contributed by atoms with Gasteiger partial charge in [0.2, 0.25) is 0 Å². The molecule has 0 amide bonds. The van der Waals surface area contributed by atoms with E-state index in [4.69, 9.17) is 0 Å². The van der Waals surface area contributed by atoms with Gasteiger partial charge in [-0.05, 0) is 43.1 Å². The molecule has 0 bridgehead atoms. The van der Waals surface area contributed by atoms with Gasteiger partial charge in [0, 0.05) is 11.5 Å². The smallest absolute Gasteiger partial charge is 0.165 e. The fourth-order valence-corrected chi connectivity index (χ4v) is 4.47. The molecule has 0 saturated heterocycles. The zero-order valence-electron chi connectivity index (χ0n) is 13.3. The fraction of sp³-hybridized carbons (Fsp3) is 0.650. The minimum absolute atomic E-state index is 0.293. The standard InChI is InChI=1S/C20H28O/c1-2-5-15-8-10-17(11-9-15)20(21)19-13-12-16-6-3-4-7-18(16)14-19/h8-11,16,18-19H,2-7,12-14H2,1H3. The lowest BCUT2D eigenvalue weighted by atomic mass is 9.66. The van der Waals surface area contributed by atoms with Crippen molar-refractivity contribution in [2.24, 2.45) is 17.8 Å². The first-order valence-corrected chi connectivity index (χ1v) is 8.91. The molecule has 1 nitrogen and oxygen atoms in total. The molecule has 2 aliphatic carbocycles. The number of rotatable bonds is 4. The highest BCUT2D eigenvalue weighted by Crippen LogP contribution is 2.43. The molecular formula is C20H28O. The number of aryl methyl sites for hydroxylation is 1. The van der Waals surface area contributed by atoms with E-state index in [0.29, 0.717) is 11.7 Å². The zero-order chi connectivity index (χ0) is 14.7. The largest absolute Gasteiger partial charge is 0.294 e. The lowest BCUT2D eigenvalue weighted by Crippen LogP contribution is -2.31. The maximum absolute atomic E-state index is 12.7. The number of hydrogen-bond donors (Lipinski definition) is 0. The van der Waals surface area contributed by atoms with Gasteiger partial charge in [0.25, 0.3) is 0 Å². The third-order valence-electron chi connectivity index (χ3n) is 5.69. The maximum atomic E-state index is 12.7. The van der Waals surface area contributed by atoms with Crippen molar-refractivity contribution in [2.45, 2.75) is 64.7 Å². The van der Waals surface area contributed by atoms with Crippen LogP contribution in [-0.2, 0) is 6.42 Å². The topological polar surface area (TPSA) is 17.1 Å². The molecule has 3 rings (SSSR count). The van der Waals surface area contributed by atoms with Gasteiger partial charge in [-0.3, -0.25) is 4.79 Å². The molecule has 0 spiro atoms. The summed E-state index contributed by atoms with van der Waals surface area (Å²) >= 11 is 0. The normalized spacial score (nSPS) is 28.9. The van der Waals surface area contributed by atoms with Crippen LogP contribution in [0.2, 0.25) is 0 Å². The first-order chi connectivity index (χ1) is 10.3. The average Bonchev–Trinajstić information content (AvgIpc) is 2.55. The zero-order valence-corrected chi connectivity index (χ0v) is 13.3. The quantitative estimate of drug-likeness (QED) is 0.674. The summed E-state index contributed by atoms with van der Waals surface area (Å²) in [6.07, 6.45) is 11.4. The van der Waals surface area contributed by atoms with E-state index >= 15 is 0 Å². The second kappa shape index (κ2) is 6.77. The van der Waals surface area contributed by atoms with Gasteiger partial charge in [0.15, 0.2) is 5.78 Å². The summed E-state index contributed by atoms with van der Waals surface area (Å²) in [5.41, 5.74) is 2.29. The van der Waals surface area contributed by atoms with Crippen molar-refractivity contribution in [3.8, 4) is 0 Å². The predicted octanol–water partition coefficient (Wildman–Crippen LogP) is 5.43. The van der Waals surface area contributed by atoms with Crippen molar-refractivity contribution >= 4 is 5.78 Å². The third kappa shape index (κ3) is 3.39. The van der Waals surface area contributed by atoms with Crippen molar-refractivity contribution in [1.82, 2.24) is 0 Å². The van der Waals surface area contributed by atoms with Crippen LogP contribution in [0.4, 0.5) is 0 Å². The Bertz CT molecular complexity index is 473. The van der Waals surface area contributed by atoms with E-state index in [-0.39, 0.29) is 0 Å².